The molecule has 0 radical (unpaired) electrons. The zero-order chi connectivity index (χ0) is 7.72. The molecule has 1 unspecified atom stereocenters. The number of rotatable bonds is 1. The van der Waals surface area contributed by atoms with Crippen LogP contribution in [0.5, 0.6) is 0 Å². The Kier molecular flexibility index (Phi) is 1.58. The first-order valence-electron chi connectivity index (χ1n) is 2.86. The highest BCUT2D eigenvalue weighted by Crippen LogP contribution is 2.15. The van der Waals surface area contributed by atoms with Gasteiger partial charge in [-0.1, -0.05) is 0 Å². The summed E-state index contributed by atoms with van der Waals surface area (Å²) in [5, 5.41) is 17.4. The van der Waals surface area contributed by atoms with E-state index in [0.29, 0.717) is 0 Å². The molecule has 1 rings (SSSR count). The number of nitrogens with zero attached hydrogens (tertiary/aromatic N) is 1. The second kappa shape index (κ2) is 2.26. The number of carbonyl (C=O) groups is 2. The fourth-order valence-electron chi connectivity index (χ4n) is 0.899. The summed E-state index contributed by atoms with van der Waals surface area (Å²) in [6, 6.07) is -1.03. The molecule has 1 heterocycles. The van der Waals surface area contributed by atoms with Crippen LogP contribution in [0.1, 0.15) is 12.8 Å². The van der Waals surface area contributed by atoms with Crippen molar-refractivity contribution in [1.82, 2.24) is 5.06 Å². The number of amides is 1. The highest BCUT2D eigenvalue weighted by atomic mass is 16.5. The van der Waals surface area contributed by atoms with Crippen LogP contribution in [0.4, 0.5) is 0 Å². The van der Waals surface area contributed by atoms with Crippen molar-refractivity contribution >= 4 is 11.9 Å². The second-order valence-electron chi connectivity index (χ2n) is 2.13. The van der Waals surface area contributed by atoms with Crippen LogP contribution in [-0.4, -0.2) is 33.3 Å². The molecule has 0 bridgehead atoms. The SMILES string of the molecule is O=C(O)C1CCC(=O)N1O. The van der Waals surface area contributed by atoms with Crippen molar-refractivity contribution in [3.63, 3.8) is 0 Å². The van der Waals surface area contributed by atoms with Gasteiger partial charge < -0.3 is 5.11 Å². The quantitative estimate of drug-likeness (QED) is 0.485. The summed E-state index contributed by atoms with van der Waals surface area (Å²) in [7, 11) is 0. The molecule has 0 aromatic carbocycles. The molecule has 1 saturated heterocycles. The molecule has 56 valence electrons. The number of carbonyl (C=O) groups excluding carboxylic acids is 1. The monoisotopic (exact) mass is 145 g/mol. The van der Waals surface area contributed by atoms with Crippen molar-refractivity contribution in [3.8, 4) is 0 Å². The predicted molar refractivity (Wildman–Crippen MR) is 29.3 cm³/mol. The summed E-state index contributed by atoms with van der Waals surface area (Å²) in [4.78, 5) is 20.7. The number of hydroxylamine groups is 2. The van der Waals surface area contributed by atoms with Crippen molar-refractivity contribution in [1.29, 1.82) is 0 Å². The smallest absolute Gasteiger partial charge is 0.329 e. The van der Waals surface area contributed by atoms with Crippen molar-refractivity contribution in [2.45, 2.75) is 18.9 Å². The lowest BCUT2D eigenvalue weighted by molar-refractivity contribution is -0.176. The number of carboxylic acids is 1. The van der Waals surface area contributed by atoms with Crippen molar-refractivity contribution in [3.05, 3.63) is 0 Å². The van der Waals surface area contributed by atoms with Crippen LogP contribution < -0.4 is 0 Å². The lowest BCUT2D eigenvalue weighted by Crippen LogP contribution is -2.35. The standard InChI is InChI=1S/C5H7NO4/c7-4-2-1-3(5(8)9)6(4)10/h3,10H,1-2H2,(H,8,9). The Morgan fingerprint density at radius 3 is 2.50 bits per heavy atom. The van der Waals surface area contributed by atoms with Crippen molar-refractivity contribution < 1.29 is 19.9 Å². The van der Waals surface area contributed by atoms with E-state index in [-0.39, 0.29) is 17.9 Å². The molecule has 1 fully saturated rings. The average Bonchev–Trinajstić information content (AvgIpc) is 2.14. The average molecular weight is 145 g/mol. The first-order chi connectivity index (χ1) is 4.63. The van der Waals surface area contributed by atoms with Crippen LogP contribution >= 0.6 is 0 Å². The van der Waals surface area contributed by atoms with E-state index in [1.165, 1.54) is 0 Å². The van der Waals surface area contributed by atoms with Gasteiger partial charge in [0.25, 0.3) is 0 Å². The molecule has 0 aromatic heterocycles. The maximum Gasteiger partial charge on any atom is 0.329 e. The van der Waals surface area contributed by atoms with Crippen LogP contribution in [0.25, 0.3) is 0 Å². The summed E-state index contributed by atoms with van der Waals surface area (Å²) < 4.78 is 0. The molecule has 1 aliphatic rings. The molecule has 0 aliphatic carbocycles. The lowest BCUT2D eigenvalue weighted by Gasteiger charge is -2.11. The molecule has 0 saturated carbocycles. The van der Waals surface area contributed by atoms with E-state index in [2.05, 4.69) is 0 Å². The van der Waals surface area contributed by atoms with Crippen molar-refractivity contribution in [2.75, 3.05) is 0 Å². The van der Waals surface area contributed by atoms with Crippen molar-refractivity contribution in [2.24, 2.45) is 0 Å². The van der Waals surface area contributed by atoms with E-state index in [0.717, 1.165) is 0 Å². The fraction of sp³-hybridized carbons (Fsp3) is 0.600. The highest BCUT2D eigenvalue weighted by Gasteiger charge is 2.34. The summed E-state index contributed by atoms with van der Waals surface area (Å²) in [5.41, 5.74) is 0. The molecule has 5 nitrogen and oxygen atoms in total. The summed E-state index contributed by atoms with van der Waals surface area (Å²) in [5.74, 6) is -1.68. The van der Waals surface area contributed by atoms with Gasteiger partial charge in [0.2, 0.25) is 5.91 Å². The molecule has 2 N–H and O–H groups in total. The maximum atomic E-state index is 10.5. The van der Waals surface area contributed by atoms with Gasteiger partial charge in [-0.15, -0.1) is 0 Å². The van der Waals surface area contributed by atoms with Gasteiger partial charge in [-0.2, -0.15) is 0 Å². The van der Waals surface area contributed by atoms with E-state index in [1.807, 2.05) is 0 Å². The number of hydrogen-bond donors (Lipinski definition) is 2. The van der Waals surface area contributed by atoms with Gasteiger partial charge in [0.15, 0.2) is 6.04 Å². The van der Waals surface area contributed by atoms with Crippen LogP contribution in [0.15, 0.2) is 0 Å². The van der Waals surface area contributed by atoms with Crippen LogP contribution in [0, 0.1) is 0 Å². The Balaban J connectivity index is 2.66. The van der Waals surface area contributed by atoms with Gasteiger partial charge >= 0.3 is 5.97 Å². The molecule has 0 aromatic rings. The van der Waals surface area contributed by atoms with Gasteiger partial charge in [-0.25, -0.2) is 9.86 Å². The number of carboxylic acid groups (broad SMARTS) is 1. The minimum atomic E-state index is -1.16. The van der Waals surface area contributed by atoms with Crippen LogP contribution in [-0.2, 0) is 9.59 Å². The van der Waals surface area contributed by atoms with Gasteiger partial charge in [-0.05, 0) is 6.42 Å². The van der Waals surface area contributed by atoms with E-state index >= 15 is 0 Å². The molecule has 0 spiro atoms. The first kappa shape index (κ1) is 7.01. The van der Waals surface area contributed by atoms with Crippen LogP contribution in [0.2, 0.25) is 0 Å². The maximum absolute atomic E-state index is 10.5. The Morgan fingerprint density at radius 1 is 1.70 bits per heavy atom. The zero-order valence-corrected chi connectivity index (χ0v) is 5.15. The third kappa shape index (κ3) is 0.950. The Labute approximate surface area is 56.8 Å². The topological polar surface area (TPSA) is 77.8 Å². The van der Waals surface area contributed by atoms with Gasteiger partial charge in [-0.3, -0.25) is 10.0 Å². The molecule has 1 aliphatic heterocycles. The predicted octanol–water partition coefficient (Wildman–Crippen LogP) is -0.549. The molecule has 1 atom stereocenters. The molecule has 5 heteroatoms. The van der Waals surface area contributed by atoms with Gasteiger partial charge in [0.1, 0.15) is 0 Å². The molecular weight excluding hydrogens is 138 g/mol. The first-order valence-corrected chi connectivity index (χ1v) is 2.86. The molecule has 10 heavy (non-hydrogen) atoms. The van der Waals surface area contributed by atoms with E-state index in [1.54, 1.807) is 0 Å². The zero-order valence-electron chi connectivity index (χ0n) is 5.15. The summed E-state index contributed by atoms with van der Waals surface area (Å²) in [6.07, 6.45) is 0.318. The molecular formula is C5H7NO4. The van der Waals surface area contributed by atoms with E-state index < -0.39 is 17.9 Å². The highest BCUT2D eigenvalue weighted by molar-refractivity contribution is 5.86. The number of hydrogen-bond acceptors (Lipinski definition) is 3. The van der Waals surface area contributed by atoms with E-state index in [9.17, 15) is 9.59 Å². The lowest BCUT2D eigenvalue weighted by atomic mass is 10.2. The Hall–Kier alpha value is -1.10. The Bertz CT molecular complexity index is 178. The second-order valence-corrected chi connectivity index (χ2v) is 2.13. The summed E-state index contributed by atoms with van der Waals surface area (Å²) >= 11 is 0. The Morgan fingerprint density at radius 2 is 2.30 bits per heavy atom. The normalized spacial score (nSPS) is 25.5. The number of aliphatic carboxylic acids is 1. The molecule has 1 amide bonds. The fourth-order valence-corrected chi connectivity index (χ4v) is 0.899. The van der Waals surface area contributed by atoms with Gasteiger partial charge in [0, 0.05) is 6.42 Å². The summed E-state index contributed by atoms with van der Waals surface area (Å²) in [6.45, 7) is 0. The minimum absolute atomic E-state index is 0.119. The van der Waals surface area contributed by atoms with Gasteiger partial charge in [0.05, 0.1) is 0 Å². The third-order valence-electron chi connectivity index (χ3n) is 1.47. The largest absolute Gasteiger partial charge is 0.480 e. The van der Waals surface area contributed by atoms with E-state index in [4.69, 9.17) is 10.3 Å². The minimum Gasteiger partial charge on any atom is -0.480 e. The van der Waals surface area contributed by atoms with Crippen LogP contribution in [0.3, 0.4) is 0 Å². The third-order valence-corrected chi connectivity index (χ3v) is 1.47.